The molecule has 3 rings (SSSR count). The molecule has 3 fully saturated rings. The van der Waals surface area contributed by atoms with Crippen LogP contribution in [0.2, 0.25) is 0 Å². The molecule has 0 unspecified atom stereocenters. The van der Waals surface area contributed by atoms with E-state index in [1.165, 1.54) is 7.11 Å². The molecule has 1 saturated carbocycles. The van der Waals surface area contributed by atoms with Gasteiger partial charge in [0.1, 0.15) is 0 Å². The fourth-order valence-corrected chi connectivity index (χ4v) is 4.65. The van der Waals surface area contributed by atoms with Gasteiger partial charge in [0.15, 0.2) is 0 Å². The Balaban J connectivity index is 0.00000280. The quantitative estimate of drug-likeness (QED) is 0.679. The standard InChI is InChI=1S/C20H33N3O4.ClH/c1-27-20(26)16-2-4-17(5-3-16)22-18(24)14-8-12-23(13-9-14)19(25)15-6-10-21-11-7-15;/h14-17,21H,2-13H2,1H3,(H,22,24);1H. The molecule has 0 atom stereocenters. The molecule has 1 aliphatic carbocycles. The van der Waals surface area contributed by atoms with Gasteiger partial charge in [-0.1, -0.05) is 0 Å². The van der Waals surface area contributed by atoms with E-state index >= 15 is 0 Å². The van der Waals surface area contributed by atoms with Crippen LogP contribution in [0.15, 0.2) is 0 Å². The Morgan fingerprint density at radius 1 is 0.857 bits per heavy atom. The largest absolute Gasteiger partial charge is 0.469 e. The molecule has 3 aliphatic rings. The van der Waals surface area contributed by atoms with Gasteiger partial charge < -0.3 is 20.3 Å². The molecule has 2 heterocycles. The van der Waals surface area contributed by atoms with E-state index in [9.17, 15) is 14.4 Å². The number of nitrogens with zero attached hydrogens (tertiary/aromatic N) is 1. The van der Waals surface area contributed by atoms with Gasteiger partial charge in [-0.05, 0) is 64.5 Å². The van der Waals surface area contributed by atoms with Gasteiger partial charge in [-0.25, -0.2) is 0 Å². The predicted molar refractivity (Wildman–Crippen MR) is 108 cm³/mol. The van der Waals surface area contributed by atoms with Crippen molar-refractivity contribution in [1.82, 2.24) is 15.5 Å². The molecular formula is C20H34ClN3O4. The summed E-state index contributed by atoms with van der Waals surface area (Å²) in [5.41, 5.74) is 0. The zero-order chi connectivity index (χ0) is 19.2. The Morgan fingerprint density at radius 3 is 2.04 bits per heavy atom. The highest BCUT2D eigenvalue weighted by atomic mass is 35.5. The Kier molecular flexibility index (Phi) is 9.02. The molecule has 2 amide bonds. The molecule has 2 saturated heterocycles. The zero-order valence-corrected chi connectivity index (χ0v) is 17.6. The van der Waals surface area contributed by atoms with E-state index < -0.39 is 0 Å². The van der Waals surface area contributed by atoms with Crippen molar-refractivity contribution in [2.75, 3.05) is 33.3 Å². The molecule has 8 heteroatoms. The van der Waals surface area contributed by atoms with E-state index in [0.29, 0.717) is 13.1 Å². The van der Waals surface area contributed by atoms with Crippen molar-refractivity contribution < 1.29 is 19.1 Å². The minimum atomic E-state index is -0.134. The van der Waals surface area contributed by atoms with Crippen molar-refractivity contribution in [3.63, 3.8) is 0 Å². The molecule has 2 N–H and O–H groups in total. The minimum Gasteiger partial charge on any atom is -0.469 e. The molecule has 28 heavy (non-hydrogen) atoms. The number of rotatable bonds is 4. The van der Waals surface area contributed by atoms with E-state index in [4.69, 9.17) is 4.74 Å². The molecule has 0 bridgehead atoms. The van der Waals surface area contributed by atoms with Crippen molar-refractivity contribution in [2.45, 2.75) is 57.4 Å². The number of esters is 1. The number of methoxy groups -OCH3 is 1. The van der Waals surface area contributed by atoms with Crippen molar-refractivity contribution >= 4 is 30.2 Å². The number of nitrogens with one attached hydrogen (secondary N) is 2. The first-order chi connectivity index (χ1) is 13.1. The average Bonchev–Trinajstić information content (AvgIpc) is 2.74. The maximum Gasteiger partial charge on any atom is 0.308 e. The van der Waals surface area contributed by atoms with Crippen LogP contribution in [0.5, 0.6) is 0 Å². The third-order valence-corrected chi connectivity index (χ3v) is 6.47. The summed E-state index contributed by atoms with van der Waals surface area (Å²) >= 11 is 0. The average molecular weight is 416 g/mol. The van der Waals surface area contributed by atoms with Gasteiger partial charge in [-0.2, -0.15) is 0 Å². The van der Waals surface area contributed by atoms with Gasteiger partial charge in [-0.3, -0.25) is 14.4 Å². The summed E-state index contributed by atoms with van der Waals surface area (Å²) in [6.45, 7) is 3.23. The smallest absolute Gasteiger partial charge is 0.308 e. The van der Waals surface area contributed by atoms with E-state index in [1.807, 2.05) is 4.90 Å². The van der Waals surface area contributed by atoms with Crippen LogP contribution < -0.4 is 10.6 Å². The van der Waals surface area contributed by atoms with Crippen LogP contribution in [0.25, 0.3) is 0 Å². The van der Waals surface area contributed by atoms with E-state index in [0.717, 1.165) is 64.5 Å². The van der Waals surface area contributed by atoms with E-state index in [2.05, 4.69) is 10.6 Å². The van der Waals surface area contributed by atoms with Crippen molar-refractivity contribution in [3.8, 4) is 0 Å². The number of halogens is 1. The molecule has 7 nitrogen and oxygen atoms in total. The van der Waals surface area contributed by atoms with Gasteiger partial charge in [-0.15, -0.1) is 12.4 Å². The molecular weight excluding hydrogens is 382 g/mol. The first-order valence-electron chi connectivity index (χ1n) is 10.5. The van der Waals surface area contributed by atoms with Crippen LogP contribution in [0.4, 0.5) is 0 Å². The molecule has 0 radical (unpaired) electrons. The number of hydrogen-bond donors (Lipinski definition) is 2. The maximum absolute atomic E-state index is 12.6. The van der Waals surface area contributed by atoms with Gasteiger partial charge >= 0.3 is 5.97 Å². The molecule has 0 spiro atoms. The summed E-state index contributed by atoms with van der Waals surface area (Å²) in [5, 5.41) is 6.47. The second kappa shape index (κ2) is 11.0. The van der Waals surface area contributed by atoms with Gasteiger partial charge in [0.2, 0.25) is 11.8 Å². The summed E-state index contributed by atoms with van der Waals surface area (Å²) in [5.74, 6) is 0.391. The summed E-state index contributed by atoms with van der Waals surface area (Å²) in [6.07, 6.45) is 6.57. The third-order valence-electron chi connectivity index (χ3n) is 6.47. The van der Waals surface area contributed by atoms with Crippen molar-refractivity contribution in [3.05, 3.63) is 0 Å². The lowest BCUT2D eigenvalue weighted by Crippen LogP contribution is -2.48. The van der Waals surface area contributed by atoms with Crippen LogP contribution >= 0.6 is 12.4 Å². The maximum atomic E-state index is 12.6. The van der Waals surface area contributed by atoms with Crippen molar-refractivity contribution in [2.24, 2.45) is 17.8 Å². The first-order valence-corrected chi connectivity index (χ1v) is 10.5. The Morgan fingerprint density at radius 2 is 1.46 bits per heavy atom. The molecule has 2 aliphatic heterocycles. The lowest BCUT2D eigenvalue weighted by molar-refractivity contribution is -0.146. The highest BCUT2D eigenvalue weighted by Crippen LogP contribution is 2.27. The van der Waals surface area contributed by atoms with Crippen LogP contribution in [-0.4, -0.2) is 62.0 Å². The fraction of sp³-hybridized carbons (Fsp3) is 0.850. The van der Waals surface area contributed by atoms with Crippen LogP contribution in [0.3, 0.4) is 0 Å². The summed E-state index contributed by atoms with van der Waals surface area (Å²) in [7, 11) is 1.43. The normalized spacial score (nSPS) is 26.8. The lowest BCUT2D eigenvalue weighted by Gasteiger charge is -2.35. The number of carbonyl (C=O) groups is 3. The van der Waals surface area contributed by atoms with E-state index in [-0.39, 0.29) is 54.0 Å². The zero-order valence-electron chi connectivity index (χ0n) is 16.8. The van der Waals surface area contributed by atoms with Crippen molar-refractivity contribution in [1.29, 1.82) is 0 Å². The van der Waals surface area contributed by atoms with Crippen LogP contribution in [0, 0.1) is 17.8 Å². The Hall–Kier alpha value is -1.34. The summed E-state index contributed by atoms with van der Waals surface area (Å²) in [6, 6.07) is 0.160. The Labute approximate surface area is 173 Å². The van der Waals surface area contributed by atoms with Crippen LogP contribution in [0.1, 0.15) is 51.4 Å². The molecule has 0 aromatic carbocycles. The van der Waals surface area contributed by atoms with Gasteiger partial charge in [0.25, 0.3) is 0 Å². The number of amides is 2. The minimum absolute atomic E-state index is 0. The number of likely N-dealkylation sites (tertiary alicyclic amines) is 1. The number of hydrogen-bond acceptors (Lipinski definition) is 5. The number of ether oxygens (including phenoxy) is 1. The monoisotopic (exact) mass is 415 g/mol. The van der Waals surface area contributed by atoms with Gasteiger partial charge in [0.05, 0.1) is 13.0 Å². The summed E-state index contributed by atoms with van der Waals surface area (Å²) in [4.78, 5) is 38.8. The number of piperidine rings is 2. The number of carbonyl (C=O) groups excluding carboxylic acids is 3. The summed E-state index contributed by atoms with van der Waals surface area (Å²) < 4.78 is 4.81. The molecule has 160 valence electrons. The second-order valence-corrected chi connectivity index (χ2v) is 8.20. The first kappa shape index (κ1) is 22.9. The van der Waals surface area contributed by atoms with Gasteiger partial charge in [0, 0.05) is 31.0 Å². The third kappa shape index (κ3) is 5.83. The predicted octanol–water partition coefficient (Wildman–Crippen LogP) is 1.49. The topological polar surface area (TPSA) is 87.7 Å². The lowest BCUT2D eigenvalue weighted by atomic mass is 9.85. The Bertz CT molecular complexity index is 538. The van der Waals surface area contributed by atoms with E-state index in [1.54, 1.807) is 0 Å². The molecule has 0 aromatic rings. The molecule has 0 aromatic heterocycles. The SMILES string of the molecule is COC(=O)C1CCC(NC(=O)C2CCN(C(=O)C3CCNCC3)CC2)CC1.Cl. The highest BCUT2D eigenvalue weighted by Gasteiger charge is 2.33. The van der Waals surface area contributed by atoms with Crippen LogP contribution in [-0.2, 0) is 19.1 Å². The fourth-order valence-electron chi connectivity index (χ4n) is 4.65. The second-order valence-electron chi connectivity index (χ2n) is 8.20. The highest BCUT2D eigenvalue weighted by molar-refractivity contribution is 5.85.